The second kappa shape index (κ2) is 10.7. The Morgan fingerprint density at radius 2 is 1.93 bits per heavy atom. The predicted octanol–water partition coefficient (Wildman–Crippen LogP) is 3.11. The number of hydrogen-bond acceptors (Lipinski definition) is 5. The van der Waals surface area contributed by atoms with Crippen molar-refractivity contribution in [2.24, 2.45) is 0 Å². The van der Waals surface area contributed by atoms with Gasteiger partial charge in [-0.15, -0.1) is 0 Å². The van der Waals surface area contributed by atoms with Crippen molar-refractivity contribution in [3.05, 3.63) is 65.5 Å². The number of esters is 1. The van der Waals surface area contributed by atoms with Crippen molar-refractivity contribution in [1.29, 1.82) is 0 Å². The first-order chi connectivity index (χ1) is 13.5. The van der Waals surface area contributed by atoms with Crippen LogP contribution in [-0.4, -0.2) is 32.2 Å². The highest BCUT2D eigenvalue weighted by molar-refractivity contribution is 5.89. The number of nitrogens with one attached hydrogen (secondary N) is 1. The quantitative estimate of drug-likeness (QED) is 0.529. The maximum Gasteiger partial charge on any atom is 0.331 e. The summed E-state index contributed by atoms with van der Waals surface area (Å²) in [6.07, 6.45) is 2.75. The van der Waals surface area contributed by atoms with Gasteiger partial charge < -0.3 is 19.5 Å². The number of carbonyl (C=O) groups excluding carboxylic acids is 2. The molecule has 0 heterocycles. The van der Waals surface area contributed by atoms with Crippen LogP contribution in [-0.2, 0) is 20.9 Å². The average molecular weight is 387 g/mol. The summed E-state index contributed by atoms with van der Waals surface area (Å²) in [5.74, 6) is -0.448. The van der Waals surface area contributed by atoms with E-state index in [0.29, 0.717) is 29.2 Å². The number of rotatable bonds is 9. The molecule has 0 atom stereocenters. The van der Waals surface area contributed by atoms with Gasteiger partial charge in [0.05, 0.1) is 13.7 Å². The summed E-state index contributed by atoms with van der Waals surface area (Å²) in [4.78, 5) is 23.5. The summed E-state index contributed by atoms with van der Waals surface area (Å²) >= 11 is 0. The molecule has 2 aromatic rings. The third-order valence-corrected chi connectivity index (χ3v) is 3.68. The van der Waals surface area contributed by atoms with Crippen molar-refractivity contribution in [2.45, 2.75) is 13.5 Å². The topological polar surface area (TPSA) is 73.9 Å². The fourth-order valence-corrected chi connectivity index (χ4v) is 2.30. The lowest BCUT2D eigenvalue weighted by atomic mass is 10.2. The standard InChI is InChI=1S/C21H22FNO5/c1-3-27-18-10-8-15(12-19(18)26-2)9-11-21(25)28-14-20(24)23-13-16-6-4-5-7-17(16)22/h4-12H,3,13-14H2,1-2H3,(H,23,24)/b11-9+. The van der Waals surface area contributed by atoms with E-state index in [1.54, 1.807) is 36.4 Å². The minimum atomic E-state index is -0.672. The van der Waals surface area contributed by atoms with Crippen molar-refractivity contribution >= 4 is 18.0 Å². The second-order valence-electron chi connectivity index (χ2n) is 5.65. The molecule has 0 aliphatic heterocycles. The monoisotopic (exact) mass is 387 g/mol. The molecule has 0 aliphatic carbocycles. The Kier molecular flexibility index (Phi) is 8.02. The third-order valence-electron chi connectivity index (χ3n) is 3.68. The maximum atomic E-state index is 13.5. The summed E-state index contributed by atoms with van der Waals surface area (Å²) in [6, 6.07) is 11.3. The van der Waals surface area contributed by atoms with Gasteiger partial charge in [0.2, 0.25) is 0 Å². The second-order valence-corrected chi connectivity index (χ2v) is 5.65. The lowest BCUT2D eigenvalue weighted by molar-refractivity contribution is -0.143. The summed E-state index contributed by atoms with van der Waals surface area (Å²) in [6.45, 7) is 1.95. The van der Waals surface area contributed by atoms with Crippen LogP contribution in [0.4, 0.5) is 4.39 Å². The number of benzene rings is 2. The number of hydrogen-bond donors (Lipinski definition) is 1. The van der Waals surface area contributed by atoms with Crippen molar-refractivity contribution in [3.63, 3.8) is 0 Å². The first-order valence-electron chi connectivity index (χ1n) is 8.69. The van der Waals surface area contributed by atoms with Gasteiger partial charge in [-0.3, -0.25) is 4.79 Å². The average Bonchev–Trinajstić information content (AvgIpc) is 2.71. The van der Waals surface area contributed by atoms with E-state index >= 15 is 0 Å². The van der Waals surface area contributed by atoms with Crippen LogP contribution in [0, 0.1) is 5.82 Å². The zero-order valence-corrected chi connectivity index (χ0v) is 15.7. The summed E-state index contributed by atoms with van der Waals surface area (Å²) in [7, 11) is 1.53. The Hall–Kier alpha value is -3.35. The molecule has 0 saturated carbocycles. The Labute approximate surface area is 162 Å². The van der Waals surface area contributed by atoms with E-state index in [-0.39, 0.29) is 6.54 Å². The minimum Gasteiger partial charge on any atom is -0.493 e. The minimum absolute atomic E-state index is 0.0187. The molecule has 28 heavy (non-hydrogen) atoms. The van der Waals surface area contributed by atoms with Gasteiger partial charge in [-0.25, -0.2) is 9.18 Å². The van der Waals surface area contributed by atoms with Gasteiger partial charge in [-0.05, 0) is 36.8 Å². The molecule has 0 radical (unpaired) electrons. The van der Waals surface area contributed by atoms with E-state index in [9.17, 15) is 14.0 Å². The highest BCUT2D eigenvalue weighted by atomic mass is 19.1. The van der Waals surface area contributed by atoms with Crippen LogP contribution < -0.4 is 14.8 Å². The molecular weight excluding hydrogens is 365 g/mol. The van der Waals surface area contributed by atoms with Gasteiger partial charge in [0, 0.05) is 18.2 Å². The molecule has 2 rings (SSSR count). The van der Waals surface area contributed by atoms with Crippen molar-refractivity contribution in [2.75, 3.05) is 20.3 Å². The Morgan fingerprint density at radius 3 is 2.64 bits per heavy atom. The van der Waals surface area contributed by atoms with E-state index in [1.807, 2.05) is 6.92 Å². The third kappa shape index (κ3) is 6.42. The zero-order valence-electron chi connectivity index (χ0n) is 15.7. The molecule has 0 aromatic heterocycles. The molecule has 148 valence electrons. The molecule has 0 unspecified atom stereocenters. The smallest absolute Gasteiger partial charge is 0.331 e. The van der Waals surface area contributed by atoms with Crippen molar-refractivity contribution in [1.82, 2.24) is 5.32 Å². The maximum absolute atomic E-state index is 13.5. The molecule has 0 fully saturated rings. The van der Waals surface area contributed by atoms with Crippen LogP contribution in [0.15, 0.2) is 48.5 Å². The zero-order chi connectivity index (χ0) is 20.4. The largest absolute Gasteiger partial charge is 0.493 e. The van der Waals surface area contributed by atoms with Crippen LogP contribution in [0.3, 0.4) is 0 Å². The van der Waals surface area contributed by atoms with E-state index < -0.39 is 24.3 Å². The number of ether oxygens (including phenoxy) is 3. The van der Waals surface area contributed by atoms with Crippen LogP contribution in [0.5, 0.6) is 11.5 Å². The number of methoxy groups -OCH3 is 1. The molecule has 0 spiro atoms. The fraction of sp³-hybridized carbons (Fsp3) is 0.238. The van der Waals surface area contributed by atoms with Crippen LogP contribution in [0.2, 0.25) is 0 Å². The highest BCUT2D eigenvalue weighted by Gasteiger charge is 2.08. The van der Waals surface area contributed by atoms with E-state index in [4.69, 9.17) is 14.2 Å². The molecule has 2 aromatic carbocycles. The van der Waals surface area contributed by atoms with Gasteiger partial charge in [0.25, 0.3) is 5.91 Å². The van der Waals surface area contributed by atoms with E-state index in [1.165, 1.54) is 25.3 Å². The first-order valence-corrected chi connectivity index (χ1v) is 8.69. The van der Waals surface area contributed by atoms with E-state index in [0.717, 1.165) is 0 Å². The normalized spacial score (nSPS) is 10.5. The van der Waals surface area contributed by atoms with Crippen LogP contribution in [0.25, 0.3) is 6.08 Å². The Balaban J connectivity index is 1.81. The predicted molar refractivity (Wildman–Crippen MR) is 102 cm³/mol. The van der Waals surface area contributed by atoms with Crippen molar-refractivity contribution in [3.8, 4) is 11.5 Å². The molecule has 1 N–H and O–H groups in total. The molecule has 1 amide bonds. The summed E-state index contributed by atoms with van der Waals surface area (Å²) in [5.41, 5.74) is 1.06. The van der Waals surface area contributed by atoms with Crippen LogP contribution >= 0.6 is 0 Å². The number of halogens is 1. The van der Waals surface area contributed by atoms with Gasteiger partial charge in [0.15, 0.2) is 18.1 Å². The van der Waals surface area contributed by atoms with Gasteiger partial charge in [-0.1, -0.05) is 24.3 Å². The van der Waals surface area contributed by atoms with E-state index in [2.05, 4.69) is 5.32 Å². The molecular formula is C21H22FNO5. The van der Waals surface area contributed by atoms with Gasteiger partial charge in [-0.2, -0.15) is 0 Å². The fourth-order valence-electron chi connectivity index (χ4n) is 2.30. The number of amides is 1. The van der Waals surface area contributed by atoms with Gasteiger partial charge in [0.1, 0.15) is 5.82 Å². The molecule has 6 nitrogen and oxygen atoms in total. The van der Waals surface area contributed by atoms with Crippen molar-refractivity contribution < 1.29 is 28.2 Å². The lowest BCUT2D eigenvalue weighted by Gasteiger charge is -2.09. The molecule has 7 heteroatoms. The summed E-state index contributed by atoms with van der Waals surface area (Å²) in [5, 5.41) is 2.49. The van der Waals surface area contributed by atoms with Crippen LogP contribution in [0.1, 0.15) is 18.1 Å². The Morgan fingerprint density at radius 1 is 1.14 bits per heavy atom. The SMILES string of the molecule is CCOc1ccc(/C=C/C(=O)OCC(=O)NCc2ccccc2F)cc1OC. The Bertz CT molecular complexity index is 850. The first kappa shape index (κ1) is 21.0. The highest BCUT2D eigenvalue weighted by Crippen LogP contribution is 2.28. The number of carbonyl (C=O) groups is 2. The lowest BCUT2D eigenvalue weighted by Crippen LogP contribution is -2.28. The summed E-state index contributed by atoms with van der Waals surface area (Å²) < 4.78 is 29.0. The van der Waals surface area contributed by atoms with Gasteiger partial charge >= 0.3 is 5.97 Å². The molecule has 0 bridgehead atoms. The molecule has 0 aliphatic rings. The molecule has 0 saturated heterocycles.